The van der Waals surface area contributed by atoms with Crippen molar-refractivity contribution in [2.75, 3.05) is 13.1 Å². The minimum Gasteiger partial charge on any atom is -0.337 e. The number of allylic oxidation sites excluding steroid dienone is 1. The Morgan fingerprint density at radius 2 is 2.00 bits per heavy atom. The number of hydrogen-bond donors (Lipinski definition) is 1. The van der Waals surface area contributed by atoms with Gasteiger partial charge >= 0.3 is 0 Å². The Morgan fingerprint density at radius 3 is 2.72 bits per heavy atom. The van der Waals surface area contributed by atoms with Crippen molar-refractivity contribution >= 4 is 5.91 Å². The number of nitrogens with one attached hydrogen (secondary N) is 1. The lowest BCUT2D eigenvalue weighted by Crippen LogP contribution is -2.38. The number of aryl methyl sites for hydroxylation is 1. The highest BCUT2D eigenvalue weighted by Gasteiger charge is 2.31. The summed E-state index contributed by atoms with van der Waals surface area (Å²) in [6.45, 7) is 9.21. The highest BCUT2D eigenvalue weighted by Crippen LogP contribution is 2.27. The molecule has 1 aliphatic heterocycles. The van der Waals surface area contributed by atoms with Crippen molar-refractivity contribution < 1.29 is 4.79 Å². The second kappa shape index (κ2) is 8.95. The first-order chi connectivity index (χ1) is 14.2. The van der Waals surface area contributed by atoms with Gasteiger partial charge in [-0.15, -0.1) is 6.58 Å². The normalized spacial score (nSPS) is 19.1. The quantitative estimate of drug-likeness (QED) is 0.764. The number of aromatic nitrogens is 2. The summed E-state index contributed by atoms with van der Waals surface area (Å²) in [5.74, 6) is 0.114. The molecule has 0 spiro atoms. The molecule has 29 heavy (non-hydrogen) atoms. The monoisotopic (exact) mass is 392 g/mol. The van der Waals surface area contributed by atoms with Gasteiger partial charge in [-0.2, -0.15) is 5.10 Å². The molecule has 4 rings (SSSR count). The molecule has 154 valence electrons. The molecular formula is C24H32N4O. The highest BCUT2D eigenvalue weighted by atomic mass is 16.2. The van der Waals surface area contributed by atoms with E-state index in [1.54, 1.807) is 0 Å². The van der Waals surface area contributed by atoms with E-state index in [0.29, 0.717) is 18.3 Å². The lowest BCUT2D eigenvalue weighted by atomic mass is 9.90. The van der Waals surface area contributed by atoms with Crippen molar-refractivity contribution in [3.8, 4) is 0 Å². The van der Waals surface area contributed by atoms with Crippen LogP contribution in [0.15, 0.2) is 36.9 Å². The number of amides is 1. The maximum atomic E-state index is 13.2. The van der Waals surface area contributed by atoms with Crippen LogP contribution in [0.4, 0.5) is 0 Å². The minimum atomic E-state index is 0.114. The SMILES string of the molecule is C=CCn1nc(C(=O)N2CCCCC2)c2c1CC[C@@H](NCc1ccc(C)cc1)C2. The van der Waals surface area contributed by atoms with E-state index in [2.05, 4.69) is 43.1 Å². The Labute approximate surface area is 173 Å². The van der Waals surface area contributed by atoms with Crippen molar-refractivity contribution in [1.82, 2.24) is 20.0 Å². The van der Waals surface area contributed by atoms with Crippen molar-refractivity contribution in [1.29, 1.82) is 0 Å². The van der Waals surface area contributed by atoms with Crippen molar-refractivity contribution in [3.63, 3.8) is 0 Å². The smallest absolute Gasteiger partial charge is 0.274 e. The summed E-state index contributed by atoms with van der Waals surface area (Å²) in [5.41, 5.74) is 5.62. The molecule has 0 bridgehead atoms. The first-order valence-corrected chi connectivity index (χ1v) is 10.9. The summed E-state index contributed by atoms with van der Waals surface area (Å²) < 4.78 is 2.00. The molecule has 1 N–H and O–H groups in total. The molecule has 0 saturated carbocycles. The van der Waals surface area contributed by atoms with Crippen LogP contribution >= 0.6 is 0 Å². The Morgan fingerprint density at radius 1 is 1.24 bits per heavy atom. The van der Waals surface area contributed by atoms with Crippen LogP contribution < -0.4 is 5.32 Å². The molecule has 1 atom stereocenters. The zero-order valence-corrected chi connectivity index (χ0v) is 17.5. The fourth-order valence-electron chi connectivity index (χ4n) is 4.52. The number of hydrogen-bond acceptors (Lipinski definition) is 3. The lowest BCUT2D eigenvalue weighted by Gasteiger charge is -2.28. The van der Waals surface area contributed by atoms with Crippen molar-refractivity contribution in [2.45, 2.75) is 64.6 Å². The molecule has 1 fully saturated rings. The zero-order valence-electron chi connectivity index (χ0n) is 17.5. The molecule has 0 unspecified atom stereocenters. The van der Waals surface area contributed by atoms with E-state index in [1.165, 1.54) is 23.2 Å². The second-order valence-electron chi connectivity index (χ2n) is 8.40. The first-order valence-electron chi connectivity index (χ1n) is 10.9. The summed E-state index contributed by atoms with van der Waals surface area (Å²) in [7, 11) is 0. The molecule has 2 heterocycles. The Hall–Kier alpha value is -2.40. The van der Waals surface area contributed by atoms with E-state index < -0.39 is 0 Å². The Bertz CT molecular complexity index is 862. The Balaban J connectivity index is 1.51. The van der Waals surface area contributed by atoms with Crippen LogP contribution in [-0.2, 0) is 25.9 Å². The number of rotatable bonds is 6. The van der Waals surface area contributed by atoms with Crippen LogP contribution in [-0.4, -0.2) is 39.7 Å². The van der Waals surface area contributed by atoms with E-state index in [0.717, 1.165) is 57.3 Å². The molecule has 1 aromatic heterocycles. The average Bonchev–Trinajstić information content (AvgIpc) is 3.11. The van der Waals surface area contributed by atoms with Gasteiger partial charge in [0.2, 0.25) is 0 Å². The maximum Gasteiger partial charge on any atom is 0.274 e. The first kappa shape index (κ1) is 19.9. The van der Waals surface area contributed by atoms with Gasteiger partial charge in [0.1, 0.15) is 0 Å². The summed E-state index contributed by atoms with van der Waals surface area (Å²) in [6.07, 6.45) is 8.17. The van der Waals surface area contributed by atoms with Crippen LogP contribution in [0, 0.1) is 6.92 Å². The third-order valence-corrected chi connectivity index (χ3v) is 6.21. The molecule has 1 aromatic carbocycles. The summed E-state index contributed by atoms with van der Waals surface area (Å²) >= 11 is 0. The summed E-state index contributed by atoms with van der Waals surface area (Å²) in [5, 5.41) is 8.45. The topological polar surface area (TPSA) is 50.2 Å². The van der Waals surface area contributed by atoms with Gasteiger partial charge in [0.25, 0.3) is 5.91 Å². The summed E-state index contributed by atoms with van der Waals surface area (Å²) in [6, 6.07) is 9.06. The molecule has 1 aliphatic carbocycles. The molecule has 1 saturated heterocycles. The van der Waals surface area contributed by atoms with E-state index in [9.17, 15) is 4.79 Å². The van der Waals surface area contributed by atoms with E-state index in [1.807, 2.05) is 15.7 Å². The van der Waals surface area contributed by atoms with E-state index in [-0.39, 0.29) is 5.91 Å². The third-order valence-electron chi connectivity index (χ3n) is 6.21. The van der Waals surface area contributed by atoms with Crippen LogP contribution in [0.1, 0.15) is 58.6 Å². The standard InChI is InChI=1S/C24H32N4O/c1-3-13-28-22-12-11-20(25-17-19-9-7-18(2)8-10-19)16-21(22)23(26-28)24(29)27-14-5-4-6-15-27/h3,7-10,20,25H,1,4-6,11-17H2,2H3/t20-/m1/s1. The van der Waals surface area contributed by atoms with E-state index >= 15 is 0 Å². The van der Waals surface area contributed by atoms with Gasteiger partial charge in [-0.25, -0.2) is 0 Å². The molecule has 5 nitrogen and oxygen atoms in total. The molecule has 1 amide bonds. The summed E-state index contributed by atoms with van der Waals surface area (Å²) in [4.78, 5) is 15.2. The Kier molecular flexibility index (Phi) is 6.14. The molecule has 2 aromatic rings. The van der Waals surface area contributed by atoms with Gasteiger partial charge in [0.05, 0.1) is 6.54 Å². The largest absolute Gasteiger partial charge is 0.337 e. The fourth-order valence-corrected chi connectivity index (χ4v) is 4.52. The van der Waals surface area contributed by atoms with Crippen LogP contribution in [0.5, 0.6) is 0 Å². The van der Waals surface area contributed by atoms with Crippen LogP contribution in [0.2, 0.25) is 0 Å². The number of benzene rings is 1. The molecular weight excluding hydrogens is 360 g/mol. The lowest BCUT2D eigenvalue weighted by molar-refractivity contribution is 0.0716. The molecule has 5 heteroatoms. The van der Waals surface area contributed by atoms with Gasteiger partial charge in [0.15, 0.2) is 5.69 Å². The van der Waals surface area contributed by atoms with Gasteiger partial charge < -0.3 is 10.2 Å². The minimum absolute atomic E-state index is 0.114. The average molecular weight is 393 g/mol. The van der Waals surface area contributed by atoms with Crippen molar-refractivity contribution in [3.05, 3.63) is 65.0 Å². The number of carbonyl (C=O) groups excluding carboxylic acids is 1. The zero-order chi connectivity index (χ0) is 20.2. The number of nitrogens with zero attached hydrogens (tertiary/aromatic N) is 3. The molecule has 2 aliphatic rings. The number of piperidine rings is 1. The van der Waals surface area contributed by atoms with Gasteiger partial charge in [-0.3, -0.25) is 9.48 Å². The molecule has 0 radical (unpaired) electrons. The third kappa shape index (κ3) is 4.45. The fraction of sp³-hybridized carbons (Fsp3) is 0.500. The number of carbonyl (C=O) groups is 1. The van der Waals surface area contributed by atoms with Gasteiger partial charge in [-0.1, -0.05) is 35.9 Å². The van der Waals surface area contributed by atoms with Crippen LogP contribution in [0.25, 0.3) is 0 Å². The predicted octanol–water partition coefficient (Wildman–Crippen LogP) is 3.65. The second-order valence-corrected chi connectivity index (χ2v) is 8.40. The predicted molar refractivity (Wildman–Crippen MR) is 116 cm³/mol. The van der Waals surface area contributed by atoms with Crippen molar-refractivity contribution in [2.24, 2.45) is 0 Å². The van der Waals surface area contributed by atoms with Crippen LogP contribution in [0.3, 0.4) is 0 Å². The number of likely N-dealkylation sites (tertiary alicyclic amines) is 1. The highest BCUT2D eigenvalue weighted by molar-refractivity contribution is 5.94. The van der Waals surface area contributed by atoms with Gasteiger partial charge in [-0.05, 0) is 51.0 Å². The van der Waals surface area contributed by atoms with Gasteiger partial charge in [0, 0.05) is 36.9 Å². The number of fused-ring (bicyclic) bond motifs is 1. The maximum absolute atomic E-state index is 13.2. The van der Waals surface area contributed by atoms with E-state index in [4.69, 9.17) is 5.10 Å².